The monoisotopic (exact) mass is 464 g/mol. The molecule has 2 atom stereocenters. The van der Waals surface area contributed by atoms with Gasteiger partial charge in [-0.05, 0) is 43.0 Å². The number of hydrogen-bond acceptors (Lipinski definition) is 6. The molecular weight excluding hydrogens is 442 g/mol. The van der Waals surface area contributed by atoms with E-state index in [0.29, 0.717) is 5.92 Å². The number of nitrogens with zero attached hydrogens (tertiary/aromatic N) is 3. The molecule has 0 amide bonds. The van der Waals surface area contributed by atoms with Crippen molar-refractivity contribution in [3.05, 3.63) is 71.6 Å². The highest BCUT2D eigenvalue weighted by molar-refractivity contribution is 7.93. The van der Waals surface area contributed by atoms with Gasteiger partial charge in [-0.2, -0.15) is 4.37 Å². The Morgan fingerprint density at radius 1 is 1.19 bits per heavy atom. The van der Waals surface area contributed by atoms with E-state index in [1.165, 1.54) is 6.33 Å². The molecule has 1 aliphatic heterocycles. The average Bonchev–Trinajstić information content (AvgIpc) is 3.23. The zero-order valence-electron chi connectivity index (χ0n) is 16.8. The fourth-order valence-corrected chi connectivity index (χ4v) is 5.88. The van der Waals surface area contributed by atoms with Gasteiger partial charge >= 0.3 is 0 Å². The largest absolute Gasteiger partial charge is 0.292 e. The molecule has 164 valence electrons. The summed E-state index contributed by atoms with van der Waals surface area (Å²) in [5, 5.41) is -0.0168. The maximum Gasteiger partial charge on any atom is 0.266 e. The predicted molar refractivity (Wildman–Crippen MR) is 115 cm³/mol. The number of piperidine rings is 1. The van der Waals surface area contributed by atoms with Crippen molar-refractivity contribution < 1.29 is 17.2 Å². The summed E-state index contributed by atoms with van der Waals surface area (Å²) in [4.78, 5) is 5.09. The molecule has 0 spiro atoms. The van der Waals surface area contributed by atoms with E-state index in [-0.39, 0.29) is 23.3 Å². The van der Waals surface area contributed by atoms with Gasteiger partial charge in [-0.1, -0.05) is 37.3 Å². The third-order valence-electron chi connectivity index (χ3n) is 5.53. The molecule has 1 saturated heterocycles. The molecule has 10 heteroatoms. The van der Waals surface area contributed by atoms with Gasteiger partial charge in [-0.3, -0.25) is 9.62 Å². The van der Waals surface area contributed by atoms with Crippen LogP contribution in [0.2, 0.25) is 0 Å². The Labute approximate surface area is 184 Å². The Bertz CT molecular complexity index is 1140. The van der Waals surface area contributed by atoms with Crippen LogP contribution in [-0.4, -0.2) is 29.2 Å². The molecule has 1 aliphatic rings. The Balaban J connectivity index is 1.61. The van der Waals surface area contributed by atoms with E-state index in [4.69, 9.17) is 0 Å². The Morgan fingerprint density at radius 2 is 1.97 bits per heavy atom. The molecule has 0 saturated carbocycles. The van der Waals surface area contributed by atoms with Crippen LogP contribution in [-0.2, 0) is 16.6 Å². The summed E-state index contributed by atoms with van der Waals surface area (Å²) in [6.45, 7) is 3.11. The fourth-order valence-electron chi connectivity index (χ4n) is 4.14. The van der Waals surface area contributed by atoms with Gasteiger partial charge in [-0.25, -0.2) is 22.2 Å². The van der Waals surface area contributed by atoms with E-state index in [1.807, 2.05) is 30.3 Å². The van der Waals surface area contributed by atoms with Gasteiger partial charge in [-0.15, -0.1) is 0 Å². The van der Waals surface area contributed by atoms with Crippen LogP contribution in [0.5, 0.6) is 0 Å². The Kier molecular flexibility index (Phi) is 6.31. The minimum absolute atomic E-state index is 0.0168. The molecular formula is C21H22F2N4O2S2. The lowest BCUT2D eigenvalue weighted by atomic mass is 9.85. The zero-order valence-corrected chi connectivity index (χ0v) is 18.5. The first-order chi connectivity index (χ1) is 14.8. The molecule has 6 nitrogen and oxygen atoms in total. The first-order valence-electron chi connectivity index (χ1n) is 9.91. The zero-order chi connectivity index (χ0) is 22.0. The van der Waals surface area contributed by atoms with Gasteiger partial charge in [0, 0.05) is 29.7 Å². The van der Waals surface area contributed by atoms with Crippen LogP contribution in [0.25, 0.3) is 0 Å². The van der Waals surface area contributed by atoms with Gasteiger partial charge in [0.25, 0.3) is 10.0 Å². The topological polar surface area (TPSA) is 75.2 Å². The molecule has 0 bridgehead atoms. The SMILES string of the molecule is C[C@@H]1CCCN(Cc2cc(F)c(S(=O)(=O)Nc3ncns3)cc2F)[C@@H]1c1ccccc1. The van der Waals surface area contributed by atoms with E-state index in [9.17, 15) is 17.2 Å². The lowest BCUT2D eigenvalue weighted by Gasteiger charge is -2.40. The minimum Gasteiger partial charge on any atom is -0.292 e. The summed E-state index contributed by atoms with van der Waals surface area (Å²) in [6, 6.07) is 11.8. The molecule has 0 unspecified atom stereocenters. The van der Waals surface area contributed by atoms with Crippen LogP contribution in [0.4, 0.5) is 13.9 Å². The smallest absolute Gasteiger partial charge is 0.266 e. The van der Waals surface area contributed by atoms with Gasteiger partial charge in [0.15, 0.2) is 0 Å². The van der Waals surface area contributed by atoms with Gasteiger partial charge in [0.2, 0.25) is 5.13 Å². The van der Waals surface area contributed by atoms with Crippen molar-refractivity contribution in [1.29, 1.82) is 0 Å². The van der Waals surface area contributed by atoms with Crippen LogP contribution in [0, 0.1) is 17.6 Å². The number of nitrogens with one attached hydrogen (secondary N) is 1. The van der Waals surface area contributed by atoms with E-state index in [1.54, 1.807) is 0 Å². The third kappa shape index (κ3) is 4.76. The number of halogens is 2. The normalized spacial score (nSPS) is 20.0. The number of likely N-dealkylation sites (tertiary alicyclic amines) is 1. The number of anilines is 1. The summed E-state index contributed by atoms with van der Waals surface area (Å²) in [6.07, 6.45) is 3.19. The van der Waals surface area contributed by atoms with E-state index in [0.717, 1.165) is 48.6 Å². The molecule has 1 aromatic heterocycles. The maximum atomic E-state index is 14.9. The highest BCUT2D eigenvalue weighted by Gasteiger charge is 2.31. The number of benzene rings is 2. The van der Waals surface area contributed by atoms with Crippen molar-refractivity contribution in [2.24, 2.45) is 5.92 Å². The second-order valence-corrected chi connectivity index (χ2v) is 10.1. The maximum absolute atomic E-state index is 14.9. The summed E-state index contributed by atoms with van der Waals surface area (Å²) in [5.41, 5.74) is 1.26. The molecule has 1 fully saturated rings. The highest BCUT2D eigenvalue weighted by atomic mass is 32.2. The van der Waals surface area contributed by atoms with Crippen LogP contribution in [0.1, 0.15) is 36.9 Å². The molecule has 0 aliphatic carbocycles. The molecule has 1 N–H and O–H groups in total. The van der Waals surface area contributed by atoms with Crippen molar-refractivity contribution in [3.63, 3.8) is 0 Å². The average molecular weight is 465 g/mol. The lowest BCUT2D eigenvalue weighted by molar-refractivity contribution is 0.0921. The number of sulfonamides is 1. The number of hydrogen-bond donors (Lipinski definition) is 1. The molecule has 0 radical (unpaired) electrons. The van der Waals surface area contributed by atoms with E-state index in [2.05, 4.69) is 25.9 Å². The Hall–Kier alpha value is -2.43. The van der Waals surface area contributed by atoms with E-state index >= 15 is 0 Å². The third-order valence-corrected chi connectivity index (χ3v) is 7.59. The molecule has 2 heterocycles. The molecule has 31 heavy (non-hydrogen) atoms. The van der Waals surface area contributed by atoms with Crippen molar-refractivity contribution >= 4 is 26.7 Å². The first kappa shape index (κ1) is 21.8. The predicted octanol–water partition coefficient (Wildman–Crippen LogP) is 4.59. The lowest BCUT2D eigenvalue weighted by Crippen LogP contribution is -2.37. The second-order valence-electron chi connectivity index (χ2n) is 7.67. The first-order valence-corrected chi connectivity index (χ1v) is 12.2. The van der Waals surface area contributed by atoms with Crippen molar-refractivity contribution in [1.82, 2.24) is 14.3 Å². The Morgan fingerprint density at radius 3 is 2.68 bits per heavy atom. The van der Waals surface area contributed by atoms with E-state index < -0.39 is 26.6 Å². The van der Waals surface area contributed by atoms with Crippen LogP contribution >= 0.6 is 11.5 Å². The molecule has 4 rings (SSSR count). The quantitative estimate of drug-likeness (QED) is 0.578. The minimum atomic E-state index is -4.32. The van der Waals surface area contributed by atoms with Crippen molar-refractivity contribution in [2.75, 3.05) is 11.3 Å². The highest BCUT2D eigenvalue weighted by Crippen LogP contribution is 2.37. The van der Waals surface area contributed by atoms with Crippen molar-refractivity contribution in [2.45, 2.75) is 37.2 Å². The van der Waals surface area contributed by atoms with Gasteiger partial charge < -0.3 is 0 Å². The van der Waals surface area contributed by atoms with Gasteiger partial charge in [0.05, 0.1) is 0 Å². The van der Waals surface area contributed by atoms with Crippen molar-refractivity contribution in [3.8, 4) is 0 Å². The summed E-state index contributed by atoms with van der Waals surface area (Å²) in [7, 11) is -4.32. The summed E-state index contributed by atoms with van der Waals surface area (Å²) >= 11 is 0.805. The van der Waals surface area contributed by atoms with Gasteiger partial charge in [0.1, 0.15) is 22.9 Å². The molecule has 3 aromatic rings. The second kappa shape index (κ2) is 8.97. The van der Waals surface area contributed by atoms with Crippen LogP contribution in [0.15, 0.2) is 53.7 Å². The molecule has 2 aromatic carbocycles. The summed E-state index contributed by atoms with van der Waals surface area (Å²) < 4.78 is 60.4. The fraction of sp³-hybridized carbons (Fsp3) is 0.333. The van der Waals surface area contributed by atoms with Crippen LogP contribution < -0.4 is 4.72 Å². The number of aromatic nitrogens is 2. The van der Waals surface area contributed by atoms with Crippen LogP contribution in [0.3, 0.4) is 0 Å². The summed E-state index contributed by atoms with van der Waals surface area (Å²) in [5.74, 6) is -1.40. The standard InChI is InChI=1S/C21H22F2N4O2S2/c1-14-6-5-9-27(20(14)15-7-3-2-4-8-15)12-16-10-18(23)19(11-17(16)22)31(28,29)26-21-24-13-25-30-21/h2-4,7-8,10-11,13-14,20H,5-6,9,12H2,1H3,(H,24,25,26)/t14-,20+/m1/s1. The number of rotatable bonds is 6.